The van der Waals surface area contributed by atoms with E-state index in [1.54, 1.807) is 0 Å². The van der Waals surface area contributed by atoms with Gasteiger partial charge < -0.3 is 15.5 Å². The van der Waals surface area contributed by atoms with E-state index in [1.807, 2.05) is 0 Å². The SMILES string of the molecule is CC(NC(=O)CNCC1CC1)c1cccc(N2CCCC2)c1. The van der Waals surface area contributed by atoms with Crippen LogP contribution in [-0.4, -0.2) is 32.1 Å². The molecule has 3 rings (SSSR count). The number of amides is 1. The van der Waals surface area contributed by atoms with Crippen LogP contribution in [0.5, 0.6) is 0 Å². The Labute approximate surface area is 133 Å². The molecule has 1 aliphatic carbocycles. The second-order valence-corrected chi connectivity index (χ2v) is 6.65. The molecule has 4 nitrogen and oxygen atoms in total. The Morgan fingerprint density at radius 3 is 2.82 bits per heavy atom. The number of carbonyl (C=O) groups is 1. The summed E-state index contributed by atoms with van der Waals surface area (Å²) in [6.45, 7) is 5.76. The summed E-state index contributed by atoms with van der Waals surface area (Å²) in [6.07, 6.45) is 5.19. The van der Waals surface area contributed by atoms with Crippen molar-refractivity contribution in [1.82, 2.24) is 10.6 Å². The minimum Gasteiger partial charge on any atom is -0.372 e. The Morgan fingerprint density at radius 2 is 2.09 bits per heavy atom. The van der Waals surface area contributed by atoms with Crippen molar-refractivity contribution in [1.29, 1.82) is 0 Å². The van der Waals surface area contributed by atoms with Crippen LogP contribution in [0.25, 0.3) is 0 Å². The zero-order valence-electron chi connectivity index (χ0n) is 13.5. The zero-order chi connectivity index (χ0) is 15.4. The largest absolute Gasteiger partial charge is 0.372 e. The standard InChI is InChI=1S/C18H27N3O/c1-14(20-18(22)13-19-12-15-7-8-15)16-5-4-6-17(11-16)21-9-2-3-10-21/h4-6,11,14-15,19H,2-3,7-10,12-13H2,1H3,(H,20,22). The lowest BCUT2D eigenvalue weighted by atomic mass is 10.1. The molecule has 1 aliphatic heterocycles. The lowest BCUT2D eigenvalue weighted by molar-refractivity contribution is -0.120. The van der Waals surface area contributed by atoms with Crippen LogP contribution < -0.4 is 15.5 Å². The second kappa shape index (κ2) is 7.14. The number of hydrogen-bond acceptors (Lipinski definition) is 3. The number of nitrogens with one attached hydrogen (secondary N) is 2. The van der Waals surface area contributed by atoms with Gasteiger partial charge in [-0.1, -0.05) is 12.1 Å². The monoisotopic (exact) mass is 301 g/mol. The Hall–Kier alpha value is -1.55. The smallest absolute Gasteiger partial charge is 0.234 e. The van der Waals surface area contributed by atoms with Gasteiger partial charge in [0.2, 0.25) is 5.91 Å². The van der Waals surface area contributed by atoms with Gasteiger partial charge in [0.15, 0.2) is 0 Å². The highest BCUT2D eigenvalue weighted by molar-refractivity contribution is 5.78. The van der Waals surface area contributed by atoms with Crippen LogP contribution in [0, 0.1) is 5.92 Å². The van der Waals surface area contributed by atoms with E-state index in [-0.39, 0.29) is 11.9 Å². The first-order valence-corrected chi connectivity index (χ1v) is 8.57. The molecule has 0 radical (unpaired) electrons. The fraction of sp³-hybridized carbons (Fsp3) is 0.611. The molecule has 1 unspecified atom stereocenters. The van der Waals surface area contributed by atoms with E-state index < -0.39 is 0 Å². The van der Waals surface area contributed by atoms with Crippen LogP contribution in [0.3, 0.4) is 0 Å². The average molecular weight is 301 g/mol. The van der Waals surface area contributed by atoms with Gasteiger partial charge >= 0.3 is 0 Å². The predicted octanol–water partition coefficient (Wildman–Crippen LogP) is 2.46. The third-order valence-corrected chi connectivity index (χ3v) is 4.63. The fourth-order valence-corrected chi connectivity index (χ4v) is 3.05. The van der Waals surface area contributed by atoms with Gasteiger partial charge in [-0.05, 0) is 62.8 Å². The lowest BCUT2D eigenvalue weighted by Crippen LogP contribution is -2.36. The Balaban J connectivity index is 1.50. The first kappa shape index (κ1) is 15.3. The van der Waals surface area contributed by atoms with E-state index in [4.69, 9.17) is 0 Å². The van der Waals surface area contributed by atoms with Crippen LogP contribution in [0.15, 0.2) is 24.3 Å². The molecule has 1 heterocycles. The third kappa shape index (κ3) is 4.23. The molecule has 2 fully saturated rings. The van der Waals surface area contributed by atoms with Gasteiger partial charge in [-0.3, -0.25) is 4.79 Å². The molecule has 0 spiro atoms. The summed E-state index contributed by atoms with van der Waals surface area (Å²) in [5.74, 6) is 0.891. The summed E-state index contributed by atoms with van der Waals surface area (Å²) < 4.78 is 0. The van der Waals surface area contributed by atoms with Crippen LogP contribution in [-0.2, 0) is 4.79 Å². The molecule has 0 bridgehead atoms. The van der Waals surface area contributed by atoms with Crippen molar-refractivity contribution in [3.05, 3.63) is 29.8 Å². The fourth-order valence-electron chi connectivity index (χ4n) is 3.05. The lowest BCUT2D eigenvalue weighted by Gasteiger charge is -2.21. The number of hydrogen-bond donors (Lipinski definition) is 2. The highest BCUT2D eigenvalue weighted by Crippen LogP contribution is 2.27. The van der Waals surface area contributed by atoms with E-state index in [9.17, 15) is 4.79 Å². The number of benzene rings is 1. The molecular weight excluding hydrogens is 274 g/mol. The van der Waals surface area contributed by atoms with Gasteiger partial charge in [-0.15, -0.1) is 0 Å². The second-order valence-electron chi connectivity index (χ2n) is 6.65. The molecule has 0 aromatic heterocycles. The summed E-state index contributed by atoms with van der Waals surface area (Å²) in [5, 5.41) is 6.33. The summed E-state index contributed by atoms with van der Waals surface area (Å²) in [6, 6.07) is 8.63. The molecule has 22 heavy (non-hydrogen) atoms. The van der Waals surface area contributed by atoms with Crippen molar-refractivity contribution in [3.63, 3.8) is 0 Å². The van der Waals surface area contributed by atoms with E-state index in [0.29, 0.717) is 6.54 Å². The van der Waals surface area contributed by atoms with Gasteiger partial charge in [0.1, 0.15) is 0 Å². The predicted molar refractivity (Wildman–Crippen MR) is 90.0 cm³/mol. The maximum Gasteiger partial charge on any atom is 0.234 e. The molecule has 2 aliphatic rings. The van der Waals surface area contributed by atoms with Crippen molar-refractivity contribution in [2.75, 3.05) is 31.1 Å². The molecular formula is C18H27N3O. The van der Waals surface area contributed by atoms with Gasteiger partial charge in [0.05, 0.1) is 12.6 Å². The van der Waals surface area contributed by atoms with Crippen LogP contribution >= 0.6 is 0 Å². The normalized spacial score (nSPS) is 19.2. The topological polar surface area (TPSA) is 44.4 Å². The zero-order valence-corrected chi connectivity index (χ0v) is 13.5. The first-order chi connectivity index (χ1) is 10.7. The maximum atomic E-state index is 12.0. The van der Waals surface area contributed by atoms with E-state index in [0.717, 1.165) is 25.6 Å². The molecule has 1 amide bonds. The Morgan fingerprint density at radius 1 is 1.32 bits per heavy atom. The molecule has 4 heteroatoms. The van der Waals surface area contributed by atoms with Crippen molar-refractivity contribution in [2.24, 2.45) is 5.92 Å². The maximum absolute atomic E-state index is 12.0. The average Bonchev–Trinajstić information content (AvgIpc) is 3.17. The minimum absolute atomic E-state index is 0.0535. The van der Waals surface area contributed by atoms with E-state index >= 15 is 0 Å². The van der Waals surface area contributed by atoms with Crippen molar-refractivity contribution < 1.29 is 4.79 Å². The number of rotatable bonds is 7. The van der Waals surface area contributed by atoms with Crippen LogP contribution in [0.4, 0.5) is 5.69 Å². The molecule has 1 aromatic rings. The summed E-state index contributed by atoms with van der Waals surface area (Å²) in [4.78, 5) is 14.4. The number of anilines is 1. The highest BCUT2D eigenvalue weighted by atomic mass is 16.1. The summed E-state index contributed by atoms with van der Waals surface area (Å²) >= 11 is 0. The first-order valence-electron chi connectivity index (χ1n) is 8.57. The van der Waals surface area contributed by atoms with Gasteiger partial charge in [0.25, 0.3) is 0 Å². The molecule has 1 atom stereocenters. The van der Waals surface area contributed by atoms with Crippen molar-refractivity contribution in [2.45, 2.75) is 38.6 Å². The van der Waals surface area contributed by atoms with Crippen molar-refractivity contribution in [3.8, 4) is 0 Å². The molecule has 1 aromatic carbocycles. The molecule has 120 valence electrons. The minimum atomic E-state index is 0.0535. The van der Waals surface area contributed by atoms with E-state index in [2.05, 4.69) is 46.7 Å². The van der Waals surface area contributed by atoms with Gasteiger partial charge in [-0.25, -0.2) is 0 Å². The Bertz CT molecular complexity index is 507. The van der Waals surface area contributed by atoms with Gasteiger partial charge in [0, 0.05) is 18.8 Å². The van der Waals surface area contributed by atoms with Gasteiger partial charge in [-0.2, -0.15) is 0 Å². The van der Waals surface area contributed by atoms with E-state index in [1.165, 1.54) is 36.9 Å². The van der Waals surface area contributed by atoms with Crippen LogP contribution in [0.2, 0.25) is 0 Å². The summed E-state index contributed by atoms with van der Waals surface area (Å²) in [5.41, 5.74) is 2.46. The number of nitrogens with zero attached hydrogens (tertiary/aromatic N) is 1. The summed E-state index contributed by atoms with van der Waals surface area (Å²) in [7, 11) is 0. The molecule has 2 N–H and O–H groups in total. The quantitative estimate of drug-likeness (QED) is 0.813. The molecule has 1 saturated carbocycles. The molecule has 1 saturated heterocycles. The Kier molecular flexibility index (Phi) is 4.98. The number of carbonyl (C=O) groups excluding carboxylic acids is 1. The van der Waals surface area contributed by atoms with Crippen molar-refractivity contribution >= 4 is 11.6 Å². The third-order valence-electron chi connectivity index (χ3n) is 4.63. The highest BCUT2D eigenvalue weighted by Gasteiger charge is 2.21. The van der Waals surface area contributed by atoms with Crippen LogP contribution in [0.1, 0.15) is 44.2 Å².